The molecule has 0 saturated heterocycles. The smallest absolute Gasteiger partial charge is 0.226 e. The number of aromatic nitrogens is 2. The van der Waals surface area contributed by atoms with Crippen molar-refractivity contribution < 1.29 is 0 Å². The maximum Gasteiger partial charge on any atom is 0.226 e. The van der Waals surface area contributed by atoms with E-state index in [0.717, 1.165) is 41.5 Å². The Kier molecular flexibility index (Phi) is 6.57. The minimum absolute atomic E-state index is 0.734. The van der Waals surface area contributed by atoms with Gasteiger partial charge in [0.05, 0.1) is 5.39 Å². The summed E-state index contributed by atoms with van der Waals surface area (Å²) < 4.78 is 0. The summed E-state index contributed by atoms with van der Waals surface area (Å²) in [4.78, 5) is 11.6. The van der Waals surface area contributed by atoms with Crippen molar-refractivity contribution >= 4 is 45.1 Å². The van der Waals surface area contributed by atoms with Crippen molar-refractivity contribution in [3.63, 3.8) is 0 Å². The lowest BCUT2D eigenvalue weighted by molar-refractivity contribution is 0.840. The molecule has 0 saturated carbocycles. The maximum atomic E-state index is 4.64. The molecule has 0 aliphatic rings. The molecule has 0 atom stereocenters. The number of hydrogen-bond donors (Lipinski definition) is 2. The normalized spacial score (nSPS) is 11.0. The van der Waals surface area contributed by atoms with Crippen LogP contribution in [0, 0.1) is 6.92 Å². The third-order valence-corrected chi connectivity index (χ3v) is 4.76. The monoisotopic (exact) mass is 324 g/mol. The molecule has 0 unspecified atom stereocenters. The van der Waals surface area contributed by atoms with Crippen molar-refractivity contribution in [1.29, 1.82) is 0 Å². The molecule has 0 bridgehead atoms. The van der Waals surface area contributed by atoms with Gasteiger partial charge >= 0.3 is 0 Å². The van der Waals surface area contributed by atoms with E-state index in [4.69, 9.17) is 0 Å². The number of thioether (sulfide) groups is 1. The van der Waals surface area contributed by atoms with E-state index in [1.54, 1.807) is 11.3 Å². The van der Waals surface area contributed by atoms with Crippen LogP contribution in [0.5, 0.6) is 0 Å². The molecule has 0 radical (unpaired) electrons. The summed E-state index contributed by atoms with van der Waals surface area (Å²) in [5, 5.41) is 7.91. The average molecular weight is 325 g/mol. The first-order chi connectivity index (χ1) is 10.2. The van der Waals surface area contributed by atoms with Gasteiger partial charge in [-0.25, -0.2) is 4.98 Å². The lowest BCUT2D eigenvalue weighted by Gasteiger charge is -2.09. The van der Waals surface area contributed by atoms with E-state index in [0.29, 0.717) is 0 Å². The van der Waals surface area contributed by atoms with Gasteiger partial charge in [-0.3, -0.25) is 0 Å². The molecule has 6 heteroatoms. The second-order valence-corrected chi connectivity index (χ2v) is 7.25. The fraction of sp³-hybridized carbons (Fsp3) is 0.600. The standard InChI is InChI=1S/C15H24N4S2/c1-4-7-17-15-18-13(16-8-5-6-9-20-3)12-10-11(2)21-14(12)19-15/h10H,4-9H2,1-3H3,(H2,16,17,18,19). The molecule has 2 heterocycles. The van der Waals surface area contributed by atoms with Crippen molar-refractivity contribution in [3.8, 4) is 0 Å². The number of thiophene rings is 1. The third kappa shape index (κ3) is 4.74. The van der Waals surface area contributed by atoms with Crippen LogP contribution >= 0.6 is 23.1 Å². The number of nitrogens with one attached hydrogen (secondary N) is 2. The Morgan fingerprint density at radius 3 is 2.81 bits per heavy atom. The van der Waals surface area contributed by atoms with Crippen LogP contribution in [0.3, 0.4) is 0 Å². The van der Waals surface area contributed by atoms with Gasteiger partial charge in [-0.15, -0.1) is 11.3 Å². The largest absolute Gasteiger partial charge is 0.369 e. The summed E-state index contributed by atoms with van der Waals surface area (Å²) in [6, 6.07) is 2.17. The molecular weight excluding hydrogens is 300 g/mol. The number of anilines is 2. The maximum absolute atomic E-state index is 4.64. The highest BCUT2D eigenvalue weighted by Gasteiger charge is 2.10. The molecule has 0 aliphatic carbocycles. The highest BCUT2D eigenvalue weighted by molar-refractivity contribution is 7.98. The quantitative estimate of drug-likeness (QED) is 0.671. The summed E-state index contributed by atoms with van der Waals surface area (Å²) in [7, 11) is 0. The molecule has 116 valence electrons. The van der Waals surface area contributed by atoms with E-state index >= 15 is 0 Å². The molecule has 0 aliphatic heterocycles. The van der Waals surface area contributed by atoms with Gasteiger partial charge in [-0.2, -0.15) is 16.7 Å². The number of aryl methyl sites for hydroxylation is 1. The number of unbranched alkanes of at least 4 members (excludes halogenated alkanes) is 1. The molecule has 0 fully saturated rings. The lowest BCUT2D eigenvalue weighted by atomic mass is 10.3. The molecule has 0 aromatic carbocycles. The topological polar surface area (TPSA) is 49.8 Å². The minimum atomic E-state index is 0.734. The van der Waals surface area contributed by atoms with Gasteiger partial charge < -0.3 is 10.6 Å². The van der Waals surface area contributed by atoms with Gasteiger partial charge in [0.15, 0.2) is 0 Å². The molecule has 21 heavy (non-hydrogen) atoms. The number of hydrogen-bond acceptors (Lipinski definition) is 6. The van der Waals surface area contributed by atoms with Gasteiger partial charge in [0.2, 0.25) is 5.95 Å². The fourth-order valence-corrected chi connectivity index (χ4v) is 3.44. The SMILES string of the molecule is CCCNc1nc(NCCCCSC)c2cc(C)sc2n1. The lowest BCUT2D eigenvalue weighted by Crippen LogP contribution is -2.08. The van der Waals surface area contributed by atoms with Crippen LogP contribution in [0.15, 0.2) is 6.07 Å². The van der Waals surface area contributed by atoms with Crippen molar-refractivity contribution in [2.45, 2.75) is 33.1 Å². The molecule has 4 nitrogen and oxygen atoms in total. The molecule has 2 aromatic heterocycles. The fourth-order valence-electron chi connectivity index (χ4n) is 2.07. The van der Waals surface area contributed by atoms with Crippen LogP contribution < -0.4 is 10.6 Å². The van der Waals surface area contributed by atoms with Crippen LogP contribution in [0.25, 0.3) is 10.2 Å². The predicted molar refractivity (Wildman–Crippen MR) is 97.0 cm³/mol. The molecule has 2 rings (SSSR count). The van der Waals surface area contributed by atoms with E-state index in [9.17, 15) is 0 Å². The van der Waals surface area contributed by atoms with Crippen LogP contribution in [0.2, 0.25) is 0 Å². The zero-order chi connectivity index (χ0) is 15.1. The van der Waals surface area contributed by atoms with E-state index in [2.05, 4.69) is 46.8 Å². The predicted octanol–water partition coefficient (Wildman–Crippen LogP) is 4.38. The average Bonchev–Trinajstić information content (AvgIpc) is 2.85. The Morgan fingerprint density at radius 2 is 2.05 bits per heavy atom. The minimum Gasteiger partial charge on any atom is -0.369 e. The van der Waals surface area contributed by atoms with Crippen LogP contribution in [0.4, 0.5) is 11.8 Å². The summed E-state index contributed by atoms with van der Waals surface area (Å²) in [6.45, 7) is 6.14. The zero-order valence-electron chi connectivity index (χ0n) is 13.0. The molecule has 0 amide bonds. The first-order valence-electron chi connectivity index (χ1n) is 7.49. The number of nitrogens with zero attached hydrogens (tertiary/aromatic N) is 2. The van der Waals surface area contributed by atoms with Crippen LogP contribution in [-0.4, -0.2) is 35.1 Å². The van der Waals surface area contributed by atoms with E-state index < -0.39 is 0 Å². The Hall–Kier alpha value is -1.01. The number of fused-ring (bicyclic) bond motifs is 1. The van der Waals surface area contributed by atoms with Gasteiger partial charge in [0, 0.05) is 18.0 Å². The molecule has 2 aromatic rings. The highest BCUT2D eigenvalue weighted by Crippen LogP contribution is 2.29. The molecular formula is C15H24N4S2. The third-order valence-electron chi connectivity index (χ3n) is 3.12. The van der Waals surface area contributed by atoms with Crippen molar-refractivity contribution in [3.05, 3.63) is 10.9 Å². The Balaban J connectivity index is 2.10. The van der Waals surface area contributed by atoms with Crippen molar-refractivity contribution in [1.82, 2.24) is 9.97 Å². The Morgan fingerprint density at radius 1 is 1.19 bits per heavy atom. The highest BCUT2D eigenvalue weighted by atomic mass is 32.2. The first kappa shape index (κ1) is 16.4. The van der Waals surface area contributed by atoms with Crippen molar-refractivity contribution in [2.24, 2.45) is 0 Å². The zero-order valence-corrected chi connectivity index (χ0v) is 14.7. The summed E-state index contributed by atoms with van der Waals surface area (Å²) in [6.07, 6.45) is 5.64. The van der Waals surface area contributed by atoms with E-state index in [1.165, 1.54) is 23.5 Å². The second-order valence-electron chi connectivity index (χ2n) is 5.03. The summed E-state index contributed by atoms with van der Waals surface area (Å²) in [5.41, 5.74) is 0. The van der Waals surface area contributed by atoms with Crippen molar-refractivity contribution in [2.75, 3.05) is 35.7 Å². The molecule has 2 N–H and O–H groups in total. The summed E-state index contributed by atoms with van der Waals surface area (Å²) in [5.74, 6) is 2.92. The van der Waals surface area contributed by atoms with Gasteiger partial charge in [0.1, 0.15) is 10.6 Å². The van der Waals surface area contributed by atoms with Crippen LogP contribution in [-0.2, 0) is 0 Å². The van der Waals surface area contributed by atoms with Gasteiger partial charge in [-0.1, -0.05) is 6.92 Å². The summed E-state index contributed by atoms with van der Waals surface area (Å²) >= 11 is 3.63. The van der Waals surface area contributed by atoms with Crippen LogP contribution in [0.1, 0.15) is 31.1 Å². The van der Waals surface area contributed by atoms with E-state index in [-0.39, 0.29) is 0 Å². The van der Waals surface area contributed by atoms with Gasteiger partial charge in [0.25, 0.3) is 0 Å². The number of rotatable bonds is 9. The Labute approximate surface area is 135 Å². The Bertz CT molecular complexity index is 568. The van der Waals surface area contributed by atoms with E-state index in [1.807, 2.05) is 11.8 Å². The molecule has 0 spiro atoms. The second kappa shape index (κ2) is 8.44. The first-order valence-corrected chi connectivity index (χ1v) is 9.70. The van der Waals surface area contributed by atoms with Gasteiger partial charge in [-0.05, 0) is 44.3 Å².